The van der Waals surface area contributed by atoms with Crippen molar-refractivity contribution in [2.75, 3.05) is 5.32 Å². The van der Waals surface area contributed by atoms with Gasteiger partial charge in [0.05, 0.1) is 0 Å². The van der Waals surface area contributed by atoms with Crippen molar-refractivity contribution in [3.63, 3.8) is 0 Å². The molecule has 0 aliphatic heterocycles. The van der Waals surface area contributed by atoms with Crippen molar-refractivity contribution < 1.29 is 0 Å². The average molecular weight is 318 g/mol. The Morgan fingerprint density at radius 1 is 0.652 bits per heavy atom. The molecule has 1 aromatic carbocycles. The van der Waals surface area contributed by atoms with Gasteiger partial charge in [0.15, 0.2) is 0 Å². The van der Waals surface area contributed by atoms with Crippen LogP contribution in [-0.2, 0) is 0 Å². The van der Waals surface area contributed by atoms with Crippen molar-refractivity contribution in [2.45, 2.75) is 103 Å². The summed E-state index contributed by atoms with van der Waals surface area (Å²) < 4.78 is 0. The first-order valence-electron chi connectivity index (χ1n) is 10.2. The lowest BCUT2D eigenvalue weighted by Crippen LogP contribution is -2.19. The summed E-state index contributed by atoms with van der Waals surface area (Å²) >= 11 is 0. The Bertz CT molecular complexity index is 346. The van der Waals surface area contributed by atoms with Gasteiger partial charge in [-0.3, -0.25) is 0 Å². The highest BCUT2D eigenvalue weighted by atomic mass is 14.9. The maximum absolute atomic E-state index is 3.77. The second-order valence-electron chi connectivity index (χ2n) is 6.97. The van der Waals surface area contributed by atoms with Gasteiger partial charge in [0, 0.05) is 11.7 Å². The van der Waals surface area contributed by atoms with Crippen LogP contribution in [0.5, 0.6) is 0 Å². The van der Waals surface area contributed by atoms with Gasteiger partial charge in [-0.2, -0.15) is 0 Å². The third kappa shape index (κ3) is 11.2. The molecule has 0 saturated heterocycles. The van der Waals surface area contributed by atoms with Gasteiger partial charge in [-0.15, -0.1) is 0 Å². The van der Waals surface area contributed by atoms with E-state index in [1.165, 1.54) is 89.2 Å². The molecule has 0 saturated carbocycles. The summed E-state index contributed by atoms with van der Waals surface area (Å²) in [5.41, 5.74) is 1.29. The molecule has 1 N–H and O–H groups in total. The summed E-state index contributed by atoms with van der Waals surface area (Å²) in [5, 5.41) is 3.77. The van der Waals surface area contributed by atoms with E-state index in [2.05, 4.69) is 49.5 Å². The van der Waals surface area contributed by atoms with E-state index in [1.807, 2.05) is 0 Å². The van der Waals surface area contributed by atoms with E-state index >= 15 is 0 Å². The van der Waals surface area contributed by atoms with Crippen LogP contribution in [0.3, 0.4) is 0 Å². The average Bonchev–Trinajstić information content (AvgIpc) is 2.58. The Hall–Kier alpha value is -0.980. The number of para-hydroxylation sites is 1. The number of nitrogens with one attached hydrogen (secondary N) is 1. The lowest BCUT2D eigenvalue weighted by atomic mass is 10.00. The second-order valence-corrected chi connectivity index (χ2v) is 6.97. The summed E-state index contributed by atoms with van der Waals surface area (Å²) in [6.07, 6.45) is 18.0. The molecule has 1 nitrogen and oxygen atoms in total. The topological polar surface area (TPSA) is 12.0 Å². The lowest BCUT2D eigenvalue weighted by molar-refractivity contribution is 0.506. The predicted octanol–water partition coefficient (Wildman–Crippen LogP) is 7.58. The van der Waals surface area contributed by atoms with Gasteiger partial charge in [0.1, 0.15) is 0 Å². The molecule has 0 heterocycles. The number of anilines is 1. The Kier molecular flexibility index (Phi) is 12.7. The molecule has 0 aliphatic carbocycles. The highest BCUT2D eigenvalue weighted by Gasteiger charge is 2.08. The van der Waals surface area contributed by atoms with Gasteiger partial charge in [0.25, 0.3) is 0 Å². The summed E-state index contributed by atoms with van der Waals surface area (Å²) in [5.74, 6) is 0. The maximum Gasteiger partial charge on any atom is 0.0342 e. The van der Waals surface area contributed by atoms with Crippen LogP contribution in [0.4, 0.5) is 5.69 Å². The third-order valence-corrected chi connectivity index (χ3v) is 4.71. The van der Waals surface area contributed by atoms with Gasteiger partial charge in [0.2, 0.25) is 0 Å². The molecule has 1 rings (SSSR count). The van der Waals surface area contributed by atoms with E-state index < -0.39 is 0 Å². The molecule has 0 radical (unpaired) electrons. The van der Waals surface area contributed by atoms with Gasteiger partial charge in [-0.25, -0.2) is 0 Å². The Balaban J connectivity index is 2.23. The molecule has 1 heteroatoms. The van der Waals surface area contributed by atoms with Crippen LogP contribution in [0.15, 0.2) is 30.3 Å². The van der Waals surface area contributed by atoms with E-state index in [4.69, 9.17) is 0 Å². The zero-order chi connectivity index (χ0) is 16.6. The van der Waals surface area contributed by atoms with Crippen molar-refractivity contribution >= 4 is 5.69 Å². The van der Waals surface area contributed by atoms with E-state index in [0.717, 1.165) is 0 Å². The van der Waals surface area contributed by atoms with Crippen molar-refractivity contribution in [3.8, 4) is 0 Å². The first-order chi connectivity index (χ1) is 11.4. The molecule has 0 aliphatic rings. The number of hydrogen-bond donors (Lipinski definition) is 1. The van der Waals surface area contributed by atoms with Crippen LogP contribution in [-0.4, -0.2) is 6.04 Å². The largest absolute Gasteiger partial charge is 0.382 e. The van der Waals surface area contributed by atoms with Gasteiger partial charge in [-0.05, 0) is 25.0 Å². The summed E-state index contributed by atoms with van der Waals surface area (Å²) in [6, 6.07) is 11.4. The molecule has 1 unspecified atom stereocenters. The van der Waals surface area contributed by atoms with Gasteiger partial charge < -0.3 is 5.32 Å². The summed E-state index contributed by atoms with van der Waals surface area (Å²) in [6.45, 7) is 4.58. The smallest absolute Gasteiger partial charge is 0.0342 e. The molecular formula is C22H39N. The van der Waals surface area contributed by atoms with Crippen LogP contribution >= 0.6 is 0 Å². The molecule has 23 heavy (non-hydrogen) atoms. The minimum atomic E-state index is 0.657. The Labute approximate surface area is 145 Å². The highest BCUT2D eigenvalue weighted by Crippen LogP contribution is 2.18. The van der Waals surface area contributed by atoms with Crippen molar-refractivity contribution in [2.24, 2.45) is 0 Å². The zero-order valence-electron chi connectivity index (χ0n) is 15.7. The van der Waals surface area contributed by atoms with Crippen molar-refractivity contribution in [3.05, 3.63) is 30.3 Å². The normalized spacial score (nSPS) is 12.3. The molecule has 1 atom stereocenters. The number of hydrogen-bond acceptors (Lipinski definition) is 1. The highest BCUT2D eigenvalue weighted by molar-refractivity contribution is 5.43. The van der Waals surface area contributed by atoms with E-state index in [-0.39, 0.29) is 0 Å². The third-order valence-electron chi connectivity index (χ3n) is 4.71. The monoisotopic (exact) mass is 317 g/mol. The van der Waals surface area contributed by atoms with Crippen LogP contribution in [0.2, 0.25) is 0 Å². The van der Waals surface area contributed by atoms with Crippen molar-refractivity contribution in [1.29, 1.82) is 0 Å². The van der Waals surface area contributed by atoms with E-state index in [1.54, 1.807) is 0 Å². The fraction of sp³-hybridized carbons (Fsp3) is 0.727. The molecule has 0 fully saturated rings. The number of unbranched alkanes of at least 4 members (excludes halogenated alkanes) is 9. The Morgan fingerprint density at radius 2 is 1.13 bits per heavy atom. The molecule has 0 bridgehead atoms. The zero-order valence-corrected chi connectivity index (χ0v) is 15.7. The minimum absolute atomic E-state index is 0.657. The quantitative estimate of drug-likeness (QED) is 0.329. The maximum atomic E-state index is 3.77. The van der Waals surface area contributed by atoms with Gasteiger partial charge >= 0.3 is 0 Å². The van der Waals surface area contributed by atoms with Crippen LogP contribution in [0.1, 0.15) is 97.3 Å². The first-order valence-corrected chi connectivity index (χ1v) is 10.2. The SMILES string of the molecule is CCCCCCCCCC(CCCCCC)Nc1ccccc1. The lowest BCUT2D eigenvalue weighted by Gasteiger charge is -2.20. The number of benzene rings is 1. The molecule has 0 spiro atoms. The van der Waals surface area contributed by atoms with Crippen LogP contribution < -0.4 is 5.32 Å². The first kappa shape index (κ1) is 20.1. The number of rotatable bonds is 15. The molecule has 1 aromatic rings. The van der Waals surface area contributed by atoms with Gasteiger partial charge in [-0.1, -0.05) is 103 Å². The molecule has 132 valence electrons. The summed E-state index contributed by atoms with van der Waals surface area (Å²) in [4.78, 5) is 0. The summed E-state index contributed by atoms with van der Waals surface area (Å²) in [7, 11) is 0. The van der Waals surface area contributed by atoms with Crippen LogP contribution in [0.25, 0.3) is 0 Å². The van der Waals surface area contributed by atoms with E-state index in [9.17, 15) is 0 Å². The fourth-order valence-electron chi connectivity index (χ4n) is 3.22. The Morgan fingerprint density at radius 3 is 1.70 bits per heavy atom. The van der Waals surface area contributed by atoms with E-state index in [0.29, 0.717) is 6.04 Å². The predicted molar refractivity (Wildman–Crippen MR) is 105 cm³/mol. The molecule has 0 amide bonds. The molecular weight excluding hydrogens is 278 g/mol. The van der Waals surface area contributed by atoms with Crippen LogP contribution in [0, 0.1) is 0 Å². The second kappa shape index (κ2) is 14.6. The fourth-order valence-corrected chi connectivity index (χ4v) is 3.22. The minimum Gasteiger partial charge on any atom is -0.382 e. The standard InChI is InChI=1S/C22H39N/c1-3-5-7-9-10-11-14-18-21(17-13-8-6-4-2)23-22-19-15-12-16-20-22/h12,15-16,19-21,23H,3-11,13-14,17-18H2,1-2H3. The molecule has 0 aromatic heterocycles. The van der Waals surface area contributed by atoms with Crippen molar-refractivity contribution in [1.82, 2.24) is 0 Å².